The van der Waals surface area contributed by atoms with Gasteiger partial charge in [-0.3, -0.25) is 0 Å². The molecule has 4 unspecified atom stereocenters. The summed E-state index contributed by atoms with van der Waals surface area (Å²) in [5.74, 6) is 4.92. The van der Waals surface area contributed by atoms with Crippen LogP contribution < -0.4 is 4.74 Å². The van der Waals surface area contributed by atoms with Crippen LogP contribution in [0.4, 0.5) is 13.2 Å². The van der Waals surface area contributed by atoms with E-state index in [2.05, 4.69) is 11.7 Å². The molecule has 1 aromatic rings. The summed E-state index contributed by atoms with van der Waals surface area (Å²) in [4.78, 5) is 0. The fourth-order valence-electron chi connectivity index (χ4n) is 6.58. The molecule has 4 heteroatoms. The number of ether oxygens (including phenoxy) is 1. The Labute approximate surface area is 179 Å². The largest absolute Gasteiger partial charge is 0.573 e. The summed E-state index contributed by atoms with van der Waals surface area (Å²) in [6, 6.07) is 6.61. The SMILES string of the molecule is CC1CCC(CCC2CCC3CC(c4ccc(OC(F)(F)F)cc4)CCC3C2)CC1. The minimum absolute atomic E-state index is 0.118. The third kappa shape index (κ3) is 5.95. The summed E-state index contributed by atoms with van der Waals surface area (Å²) >= 11 is 0. The number of hydrogen-bond donors (Lipinski definition) is 0. The molecule has 30 heavy (non-hydrogen) atoms. The number of halogens is 3. The fraction of sp³-hybridized carbons (Fsp3) is 0.769. The van der Waals surface area contributed by atoms with Crippen molar-refractivity contribution in [3.8, 4) is 5.75 Å². The third-order valence-corrected chi connectivity index (χ3v) is 8.43. The highest BCUT2D eigenvalue weighted by atomic mass is 19.4. The molecule has 0 saturated heterocycles. The van der Waals surface area contributed by atoms with Crippen molar-refractivity contribution in [2.75, 3.05) is 0 Å². The van der Waals surface area contributed by atoms with Crippen LogP contribution in [0.2, 0.25) is 0 Å². The standard InChI is InChI=1S/C26H37F3O/c1-18-2-4-19(5-3-18)6-7-20-8-9-24-17-23(11-10-22(24)16-20)21-12-14-25(15-13-21)30-26(27,28)29/h12-15,18-20,22-24H,2-11,16-17H2,1H3. The van der Waals surface area contributed by atoms with Gasteiger partial charge in [0.1, 0.15) is 5.75 Å². The average Bonchev–Trinajstić information content (AvgIpc) is 2.72. The molecule has 4 rings (SSSR count). The fourth-order valence-corrected chi connectivity index (χ4v) is 6.58. The molecule has 0 aromatic heterocycles. The number of benzene rings is 1. The number of fused-ring (bicyclic) bond motifs is 1. The third-order valence-electron chi connectivity index (χ3n) is 8.43. The lowest BCUT2D eigenvalue weighted by Gasteiger charge is -2.42. The quantitative estimate of drug-likeness (QED) is 0.462. The van der Waals surface area contributed by atoms with Gasteiger partial charge in [-0.25, -0.2) is 0 Å². The number of alkyl halides is 3. The maximum atomic E-state index is 12.4. The Morgan fingerprint density at radius 2 is 1.37 bits per heavy atom. The van der Waals surface area contributed by atoms with Gasteiger partial charge in [-0.1, -0.05) is 64.0 Å². The highest BCUT2D eigenvalue weighted by Crippen LogP contribution is 2.49. The Hall–Kier alpha value is -1.19. The topological polar surface area (TPSA) is 9.23 Å². The maximum absolute atomic E-state index is 12.4. The second-order valence-corrected chi connectivity index (χ2v) is 10.5. The summed E-state index contributed by atoms with van der Waals surface area (Å²) in [6.45, 7) is 2.40. The Morgan fingerprint density at radius 3 is 2.07 bits per heavy atom. The second-order valence-electron chi connectivity index (χ2n) is 10.5. The van der Waals surface area contributed by atoms with Crippen LogP contribution in [0, 0.1) is 29.6 Å². The van der Waals surface area contributed by atoms with Gasteiger partial charge in [-0.05, 0) is 85.3 Å². The zero-order valence-electron chi connectivity index (χ0n) is 18.3. The molecule has 3 saturated carbocycles. The van der Waals surface area contributed by atoms with Crippen molar-refractivity contribution < 1.29 is 17.9 Å². The Balaban J connectivity index is 1.23. The van der Waals surface area contributed by atoms with Crippen LogP contribution in [0.25, 0.3) is 0 Å². The minimum atomic E-state index is -4.62. The maximum Gasteiger partial charge on any atom is 0.573 e. The molecular weight excluding hydrogens is 385 g/mol. The van der Waals surface area contributed by atoms with Gasteiger partial charge in [-0.2, -0.15) is 0 Å². The second kappa shape index (κ2) is 9.53. The van der Waals surface area contributed by atoms with Crippen molar-refractivity contribution in [1.29, 1.82) is 0 Å². The van der Waals surface area contributed by atoms with E-state index in [-0.39, 0.29) is 5.75 Å². The van der Waals surface area contributed by atoms with E-state index in [1.54, 1.807) is 0 Å². The van der Waals surface area contributed by atoms with Gasteiger partial charge in [-0.15, -0.1) is 13.2 Å². The molecule has 0 N–H and O–H groups in total. The normalized spacial score (nSPS) is 34.9. The lowest BCUT2D eigenvalue weighted by Crippen LogP contribution is -2.30. The van der Waals surface area contributed by atoms with E-state index in [0.717, 1.165) is 29.6 Å². The number of hydrogen-bond acceptors (Lipinski definition) is 1. The first-order valence-electron chi connectivity index (χ1n) is 12.2. The summed E-state index contributed by atoms with van der Waals surface area (Å²) in [5.41, 5.74) is 1.18. The average molecular weight is 423 g/mol. The molecule has 0 spiro atoms. The Kier molecular flexibility index (Phi) is 6.99. The van der Waals surface area contributed by atoms with Crippen molar-refractivity contribution >= 4 is 0 Å². The van der Waals surface area contributed by atoms with Crippen molar-refractivity contribution in [2.45, 2.75) is 96.3 Å². The summed E-state index contributed by atoms with van der Waals surface area (Å²) < 4.78 is 41.1. The van der Waals surface area contributed by atoms with Crippen LogP contribution >= 0.6 is 0 Å². The first-order valence-corrected chi connectivity index (χ1v) is 12.2. The molecule has 3 fully saturated rings. The highest BCUT2D eigenvalue weighted by Gasteiger charge is 2.36. The molecule has 3 aliphatic carbocycles. The van der Waals surface area contributed by atoms with E-state index in [9.17, 15) is 13.2 Å². The van der Waals surface area contributed by atoms with Crippen LogP contribution in [0.1, 0.15) is 95.5 Å². The monoisotopic (exact) mass is 422 g/mol. The van der Waals surface area contributed by atoms with Crippen LogP contribution in [-0.4, -0.2) is 6.36 Å². The molecule has 0 bridgehead atoms. The lowest BCUT2D eigenvalue weighted by atomic mass is 9.63. The Bertz CT molecular complexity index is 660. The van der Waals surface area contributed by atoms with Crippen molar-refractivity contribution in [2.24, 2.45) is 29.6 Å². The van der Waals surface area contributed by atoms with E-state index in [1.807, 2.05) is 12.1 Å². The molecule has 3 aliphatic rings. The predicted octanol–water partition coefficient (Wildman–Crippen LogP) is 8.49. The van der Waals surface area contributed by atoms with Gasteiger partial charge in [0.2, 0.25) is 0 Å². The molecule has 4 atom stereocenters. The molecular formula is C26H37F3O. The first kappa shape index (κ1) is 22.0. The zero-order valence-corrected chi connectivity index (χ0v) is 18.3. The number of rotatable bonds is 5. The van der Waals surface area contributed by atoms with E-state index < -0.39 is 6.36 Å². The summed E-state index contributed by atoms with van der Waals surface area (Å²) in [6.07, 6.45) is 11.9. The van der Waals surface area contributed by atoms with Crippen LogP contribution in [0.15, 0.2) is 24.3 Å². The highest BCUT2D eigenvalue weighted by molar-refractivity contribution is 5.30. The van der Waals surface area contributed by atoms with Gasteiger partial charge in [0.25, 0.3) is 0 Å². The predicted molar refractivity (Wildman–Crippen MR) is 114 cm³/mol. The van der Waals surface area contributed by atoms with Crippen molar-refractivity contribution in [3.05, 3.63) is 29.8 Å². The molecule has 0 aliphatic heterocycles. The van der Waals surface area contributed by atoms with Gasteiger partial charge >= 0.3 is 6.36 Å². The smallest absolute Gasteiger partial charge is 0.406 e. The van der Waals surface area contributed by atoms with E-state index in [1.165, 1.54) is 94.7 Å². The van der Waals surface area contributed by atoms with Gasteiger partial charge in [0.05, 0.1) is 0 Å². The molecule has 168 valence electrons. The molecule has 0 amide bonds. The van der Waals surface area contributed by atoms with Crippen LogP contribution in [0.5, 0.6) is 5.75 Å². The van der Waals surface area contributed by atoms with Crippen molar-refractivity contribution in [3.63, 3.8) is 0 Å². The van der Waals surface area contributed by atoms with Crippen LogP contribution in [-0.2, 0) is 0 Å². The van der Waals surface area contributed by atoms with Crippen LogP contribution in [0.3, 0.4) is 0 Å². The van der Waals surface area contributed by atoms with Gasteiger partial charge in [0.15, 0.2) is 0 Å². The van der Waals surface area contributed by atoms with Gasteiger partial charge in [0, 0.05) is 0 Å². The summed E-state index contributed by atoms with van der Waals surface area (Å²) in [7, 11) is 0. The van der Waals surface area contributed by atoms with Gasteiger partial charge < -0.3 is 4.74 Å². The van der Waals surface area contributed by atoms with Crippen molar-refractivity contribution in [1.82, 2.24) is 0 Å². The lowest BCUT2D eigenvalue weighted by molar-refractivity contribution is -0.274. The summed E-state index contributed by atoms with van der Waals surface area (Å²) in [5, 5.41) is 0. The molecule has 0 heterocycles. The van der Waals surface area contributed by atoms with E-state index >= 15 is 0 Å². The molecule has 1 nitrogen and oxygen atoms in total. The van der Waals surface area contributed by atoms with E-state index in [0.29, 0.717) is 5.92 Å². The first-order chi connectivity index (χ1) is 14.4. The molecule has 1 aromatic carbocycles. The minimum Gasteiger partial charge on any atom is -0.406 e. The zero-order chi connectivity index (χ0) is 21.1. The molecule has 0 radical (unpaired) electrons. The Morgan fingerprint density at radius 1 is 0.767 bits per heavy atom. The van der Waals surface area contributed by atoms with E-state index in [4.69, 9.17) is 0 Å².